The minimum Gasteiger partial charge on any atom is -0.306 e. The molecule has 0 aliphatic carbocycles. The Morgan fingerprint density at radius 1 is 1.43 bits per heavy atom. The number of aromatic nitrogens is 1. The van der Waals surface area contributed by atoms with Crippen LogP contribution in [0.2, 0.25) is 0 Å². The molecule has 0 radical (unpaired) electrons. The third-order valence-corrected chi connectivity index (χ3v) is 2.65. The van der Waals surface area contributed by atoms with Crippen molar-refractivity contribution in [1.29, 1.82) is 0 Å². The van der Waals surface area contributed by atoms with Gasteiger partial charge in [0, 0.05) is 25.0 Å². The van der Waals surface area contributed by atoms with Crippen molar-refractivity contribution in [3.63, 3.8) is 0 Å². The van der Waals surface area contributed by atoms with Gasteiger partial charge in [-0.15, -0.1) is 0 Å². The second-order valence-electron chi connectivity index (χ2n) is 3.65. The molecule has 1 unspecified atom stereocenters. The zero-order chi connectivity index (χ0) is 9.80. The maximum Gasteiger partial charge on any atom is 0.0372 e. The van der Waals surface area contributed by atoms with Gasteiger partial charge < -0.3 is 5.32 Å². The van der Waals surface area contributed by atoms with Gasteiger partial charge in [-0.2, -0.15) is 0 Å². The highest BCUT2D eigenvalue weighted by Crippen LogP contribution is 2.19. The predicted octanol–water partition coefficient (Wildman–Crippen LogP) is 2.23. The fourth-order valence-electron chi connectivity index (χ4n) is 1.75. The Morgan fingerprint density at radius 2 is 2.36 bits per heavy atom. The highest BCUT2D eigenvalue weighted by molar-refractivity contribution is 5.22. The number of pyridine rings is 1. The Labute approximate surface area is 85.1 Å². The summed E-state index contributed by atoms with van der Waals surface area (Å²) in [4.78, 5) is 4.27. The van der Waals surface area contributed by atoms with Crippen molar-refractivity contribution in [2.45, 2.75) is 25.8 Å². The Hall–Kier alpha value is -1.15. The molecule has 2 heteroatoms. The van der Waals surface area contributed by atoms with E-state index in [1.54, 1.807) is 0 Å². The summed E-state index contributed by atoms with van der Waals surface area (Å²) in [5.74, 6) is 0. The van der Waals surface area contributed by atoms with E-state index in [2.05, 4.69) is 35.4 Å². The van der Waals surface area contributed by atoms with Crippen LogP contribution in [-0.2, 0) is 6.42 Å². The van der Waals surface area contributed by atoms with Gasteiger partial charge in [-0.05, 0) is 24.0 Å². The van der Waals surface area contributed by atoms with Gasteiger partial charge in [0.2, 0.25) is 0 Å². The standard InChI is InChI=1S/C12H16N2/c1-2-10-7-11(9-13-8-10)12-5-3-4-6-14-12/h3-4,7-9,12,14H,2,5-6H2,1H3. The monoisotopic (exact) mass is 188 g/mol. The summed E-state index contributed by atoms with van der Waals surface area (Å²) in [7, 11) is 0. The molecule has 0 saturated carbocycles. The molecule has 1 aromatic heterocycles. The van der Waals surface area contributed by atoms with Crippen LogP contribution in [0.3, 0.4) is 0 Å². The van der Waals surface area contributed by atoms with Crippen LogP contribution < -0.4 is 5.32 Å². The van der Waals surface area contributed by atoms with Crippen molar-refractivity contribution in [3.05, 3.63) is 41.7 Å². The molecule has 1 aliphatic heterocycles. The zero-order valence-corrected chi connectivity index (χ0v) is 8.53. The highest BCUT2D eigenvalue weighted by atomic mass is 14.9. The molecule has 74 valence electrons. The van der Waals surface area contributed by atoms with Gasteiger partial charge in [-0.3, -0.25) is 4.98 Å². The molecule has 0 fully saturated rings. The van der Waals surface area contributed by atoms with E-state index in [4.69, 9.17) is 0 Å². The van der Waals surface area contributed by atoms with E-state index in [-0.39, 0.29) is 0 Å². The molecule has 1 atom stereocenters. The van der Waals surface area contributed by atoms with Crippen LogP contribution in [-0.4, -0.2) is 11.5 Å². The smallest absolute Gasteiger partial charge is 0.0372 e. The van der Waals surface area contributed by atoms with Crippen molar-refractivity contribution in [2.24, 2.45) is 0 Å². The summed E-state index contributed by atoms with van der Waals surface area (Å²) >= 11 is 0. The van der Waals surface area contributed by atoms with Crippen LogP contribution in [0.5, 0.6) is 0 Å². The van der Waals surface area contributed by atoms with E-state index >= 15 is 0 Å². The number of hydrogen-bond acceptors (Lipinski definition) is 2. The fourth-order valence-corrected chi connectivity index (χ4v) is 1.75. The minimum absolute atomic E-state index is 0.457. The van der Waals surface area contributed by atoms with Crippen molar-refractivity contribution in [3.8, 4) is 0 Å². The highest BCUT2D eigenvalue weighted by Gasteiger charge is 2.11. The molecule has 1 aliphatic rings. The van der Waals surface area contributed by atoms with Crippen LogP contribution in [0.4, 0.5) is 0 Å². The molecule has 0 bridgehead atoms. The summed E-state index contributed by atoms with van der Waals surface area (Å²) in [5, 5.41) is 3.46. The molecule has 0 saturated heterocycles. The van der Waals surface area contributed by atoms with E-state index < -0.39 is 0 Å². The summed E-state index contributed by atoms with van der Waals surface area (Å²) < 4.78 is 0. The van der Waals surface area contributed by atoms with E-state index in [1.807, 2.05) is 12.4 Å². The molecule has 0 aromatic carbocycles. The average molecular weight is 188 g/mol. The fraction of sp³-hybridized carbons (Fsp3) is 0.417. The lowest BCUT2D eigenvalue weighted by Gasteiger charge is -2.20. The van der Waals surface area contributed by atoms with E-state index in [9.17, 15) is 0 Å². The largest absolute Gasteiger partial charge is 0.306 e. The molecule has 2 nitrogen and oxygen atoms in total. The van der Waals surface area contributed by atoms with E-state index in [0.717, 1.165) is 19.4 Å². The number of aryl methyl sites for hydroxylation is 1. The molecular weight excluding hydrogens is 172 g/mol. The minimum atomic E-state index is 0.457. The normalized spacial score (nSPS) is 21.1. The first-order chi connectivity index (χ1) is 6.90. The predicted molar refractivity (Wildman–Crippen MR) is 58.1 cm³/mol. The third-order valence-electron chi connectivity index (χ3n) is 2.65. The topological polar surface area (TPSA) is 24.9 Å². The van der Waals surface area contributed by atoms with Gasteiger partial charge in [0.05, 0.1) is 0 Å². The Bertz CT molecular complexity index is 331. The molecule has 0 amide bonds. The Morgan fingerprint density at radius 3 is 3.07 bits per heavy atom. The summed E-state index contributed by atoms with van der Waals surface area (Å²) in [6.45, 7) is 3.13. The first-order valence-electron chi connectivity index (χ1n) is 5.22. The zero-order valence-electron chi connectivity index (χ0n) is 8.53. The lowest BCUT2D eigenvalue weighted by Crippen LogP contribution is -2.23. The van der Waals surface area contributed by atoms with Crippen LogP contribution in [0.25, 0.3) is 0 Å². The van der Waals surface area contributed by atoms with Crippen molar-refractivity contribution >= 4 is 0 Å². The molecular formula is C12H16N2. The Balaban J connectivity index is 2.18. The van der Waals surface area contributed by atoms with Crippen molar-refractivity contribution in [1.82, 2.24) is 10.3 Å². The molecule has 1 N–H and O–H groups in total. The van der Waals surface area contributed by atoms with Crippen LogP contribution in [0.15, 0.2) is 30.6 Å². The summed E-state index contributed by atoms with van der Waals surface area (Å²) in [5.41, 5.74) is 2.63. The van der Waals surface area contributed by atoms with Crippen molar-refractivity contribution < 1.29 is 0 Å². The SMILES string of the molecule is CCc1cncc(C2CC=CCN2)c1. The quantitative estimate of drug-likeness (QED) is 0.720. The maximum absolute atomic E-state index is 4.27. The lowest BCUT2D eigenvalue weighted by molar-refractivity contribution is 0.552. The number of nitrogens with one attached hydrogen (secondary N) is 1. The van der Waals surface area contributed by atoms with Crippen LogP contribution in [0.1, 0.15) is 30.5 Å². The molecule has 14 heavy (non-hydrogen) atoms. The number of rotatable bonds is 2. The maximum atomic E-state index is 4.27. The molecule has 2 rings (SSSR count). The van der Waals surface area contributed by atoms with Gasteiger partial charge in [-0.1, -0.05) is 25.1 Å². The first kappa shape index (κ1) is 9.41. The van der Waals surface area contributed by atoms with Crippen LogP contribution in [0, 0.1) is 0 Å². The number of nitrogens with zero attached hydrogens (tertiary/aromatic N) is 1. The summed E-state index contributed by atoms with van der Waals surface area (Å²) in [6.07, 6.45) is 10.5. The second kappa shape index (κ2) is 4.38. The second-order valence-corrected chi connectivity index (χ2v) is 3.65. The van der Waals surface area contributed by atoms with Gasteiger partial charge in [0.25, 0.3) is 0 Å². The van der Waals surface area contributed by atoms with Gasteiger partial charge in [0.15, 0.2) is 0 Å². The van der Waals surface area contributed by atoms with E-state index in [0.29, 0.717) is 6.04 Å². The first-order valence-corrected chi connectivity index (χ1v) is 5.22. The van der Waals surface area contributed by atoms with Crippen molar-refractivity contribution in [2.75, 3.05) is 6.54 Å². The average Bonchev–Trinajstić information content (AvgIpc) is 2.30. The number of hydrogen-bond donors (Lipinski definition) is 1. The van der Waals surface area contributed by atoms with Gasteiger partial charge in [0.1, 0.15) is 0 Å². The third kappa shape index (κ3) is 2.02. The molecule has 0 spiro atoms. The van der Waals surface area contributed by atoms with Crippen LogP contribution >= 0.6 is 0 Å². The lowest BCUT2D eigenvalue weighted by atomic mass is 10.0. The van der Waals surface area contributed by atoms with E-state index in [1.165, 1.54) is 11.1 Å². The summed E-state index contributed by atoms with van der Waals surface area (Å²) in [6, 6.07) is 2.71. The molecule has 2 heterocycles. The van der Waals surface area contributed by atoms with Gasteiger partial charge >= 0.3 is 0 Å². The molecule has 1 aromatic rings. The van der Waals surface area contributed by atoms with Gasteiger partial charge in [-0.25, -0.2) is 0 Å². The Kier molecular flexibility index (Phi) is 2.94.